The Labute approximate surface area is 160 Å². The Bertz CT molecular complexity index is 1030. The van der Waals surface area contributed by atoms with E-state index in [1.807, 2.05) is 0 Å². The van der Waals surface area contributed by atoms with Gasteiger partial charge in [0, 0.05) is 5.56 Å². The normalized spacial score (nSPS) is 11.1. The van der Waals surface area contributed by atoms with Crippen molar-refractivity contribution in [2.24, 2.45) is 10.2 Å². The molecule has 0 saturated heterocycles. The molecule has 0 bridgehead atoms. The monoisotopic (exact) mass is 378 g/mol. The smallest absolute Gasteiger partial charge is 0.271 e. The molecular weight excluding hydrogens is 362 g/mol. The number of rotatable bonds is 6. The highest BCUT2D eigenvalue weighted by Gasteiger charge is 2.04. The Morgan fingerprint density at radius 2 is 1.39 bits per heavy atom. The predicted molar refractivity (Wildman–Crippen MR) is 106 cm³/mol. The second-order valence-electron chi connectivity index (χ2n) is 5.76. The minimum Gasteiger partial charge on any atom is -0.278 e. The van der Waals surface area contributed by atoms with Gasteiger partial charge in [-0.15, -0.1) is 0 Å². The van der Waals surface area contributed by atoms with Crippen LogP contribution in [0, 0.1) is 11.6 Å². The van der Waals surface area contributed by atoms with Crippen LogP contribution in [-0.2, 0) is 0 Å². The highest BCUT2D eigenvalue weighted by atomic mass is 19.1. The number of hydrogen-bond donors (Lipinski definition) is 2. The first kappa shape index (κ1) is 18.9. The molecule has 0 aromatic heterocycles. The summed E-state index contributed by atoms with van der Waals surface area (Å²) >= 11 is 0. The second kappa shape index (κ2) is 9.18. The van der Waals surface area contributed by atoms with Gasteiger partial charge < -0.3 is 0 Å². The molecule has 3 rings (SSSR count). The van der Waals surface area contributed by atoms with Gasteiger partial charge in [-0.3, -0.25) is 10.2 Å². The zero-order chi connectivity index (χ0) is 19.8. The number of hydrazone groups is 2. The third-order valence-electron chi connectivity index (χ3n) is 3.61. The van der Waals surface area contributed by atoms with E-state index in [2.05, 4.69) is 21.1 Å². The molecule has 3 aromatic carbocycles. The van der Waals surface area contributed by atoms with Crippen molar-refractivity contribution >= 4 is 24.0 Å². The van der Waals surface area contributed by atoms with Crippen molar-refractivity contribution in [3.8, 4) is 0 Å². The van der Waals surface area contributed by atoms with Crippen molar-refractivity contribution in [1.29, 1.82) is 0 Å². The molecule has 0 atom stereocenters. The zero-order valence-corrected chi connectivity index (χ0v) is 14.6. The molecule has 0 radical (unpaired) electrons. The van der Waals surface area contributed by atoms with Gasteiger partial charge in [0.15, 0.2) is 0 Å². The zero-order valence-electron chi connectivity index (χ0n) is 14.6. The van der Waals surface area contributed by atoms with Crippen molar-refractivity contribution in [3.05, 3.63) is 101 Å². The molecule has 1 amide bonds. The first-order valence-electron chi connectivity index (χ1n) is 8.34. The summed E-state index contributed by atoms with van der Waals surface area (Å²) in [5.41, 5.74) is 7.24. The fourth-order valence-corrected chi connectivity index (χ4v) is 2.32. The summed E-state index contributed by atoms with van der Waals surface area (Å²) < 4.78 is 26.2. The van der Waals surface area contributed by atoms with Gasteiger partial charge in [0.05, 0.1) is 18.1 Å². The third-order valence-corrected chi connectivity index (χ3v) is 3.61. The molecule has 0 aliphatic rings. The molecule has 5 nitrogen and oxygen atoms in total. The molecule has 0 saturated carbocycles. The minimum atomic E-state index is -0.426. The molecule has 2 N–H and O–H groups in total. The van der Waals surface area contributed by atoms with Crippen LogP contribution in [0.4, 0.5) is 14.5 Å². The van der Waals surface area contributed by atoms with E-state index in [9.17, 15) is 13.6 Å². The lowest BCUT2D eigenvalue weighted by molar-refractivity contribution is 0.0955. The van der Waals surface area contributed by atoms with Crippen LogP contribution < -0.4 is 10.9 Å². The van der Waals surface area contributed by atoms with Crippen LogP contribution in [0.3, 0.4) is 0 Å². The third kappa shape index (κ3) is 5.57. The van der Waals surface area contributed by atoms with E-state index in [-0.39, 0.29) is 11.6 Å². The lowest BCUT2D eigenvalue weighted by Crippen LogP contribution is -2.17. The molecular formula is C21H16F2N4O. The molecule has 3 aromatic rings. The van der Waals surface area contributed by atoms with Gasteiger partial charge in [-0.25, -0.2) is 14.2 Å². The maximum Gasteiger partial charge on any atom is 0.271 e. The summed E-state index contributed by atoms with van der Waals surface area (Å²) in [6.07, 6.45) is 2.82. The van der Waals surface area contributed by atoms with E-state index in [4.69, 9.17) is 0 Å². The Morgan fingerprint density at radius 3 is 2.04 bits per heavy atom. The van der Waals surface area contributed by atoms with E-state index in [1.165, 1.54) is 36.7 Å². The van der Waals surface area contributed by atoms with Crippen molar-refractivity contribution in [1.82, 2.24) is 5.43 Å². The maximum atomic E-state index is 13.1. The average Bonchev–Trinajstić information content (AvgIpc) is 2.68. The summed E-state index contributed by atoms with van der Waals surface area (Å²) in [7, 11) is 0. The number of benzene rings is 3. The van der Waals surface area contributed by atoms with E-state index in [0.29, 0.717) is 22.4 Å². The Kier molecular flexibility index (Phi) is 6.20. The number of amides is 1. The molecule has 140 valence electrons. The number of hydrogen-bond acceptors (Lipinski definition) is 4. The molecule has 0 unspecified atom stereocenters. The lowest BCUT2D eigenvalue weighted by Gasteiger charge is -2.04. The fraction of sp³-hybridized carbons (Fsp3) is 0. The van der Waals surface area contributed by atoms with Crippen LogP contribution in [0.25, 0.3) is 0 Å². The Balaban J connectivity index is 1.59. The molecule has 7 heteroatoms. The van der Waals surface area contributed by atoms with E-state index in [0.717, 1.165) is 0 Å². The van der Waals surface area contributed by atoms with E-state index in [1.54, 1.807) is 48.5 Å². The Morgan fingerprint density at radius 1 is 0.786 bits per heavy atom. The topological polar surface area (TPSA) is 65.8 Å². The molecule has 0 aliphatic heterocycles. The standard InChI is InChI=1S/C21H16F2N4O/c22-18-7-1-4-15(10-18)13-24-26-20-9-3-6-17(12-20)21(28)27-25-14-16-5-2-8-19(23)11-16/h1-14,26H,(H,27,28)/b24-13+,25-14+. The average molecular weight is 378 g/mol. The minimum absolute atomic E-state index is 0.346. The first-order chi connectivity index (χ1) is 13.6. The van der Waals surface area contributed by atoms with Crippen LogP contribution in [0.15, 0.2) is 83.0 Å². The van der Waals surface area contributed by atoms with Gasteiger partial charge in [0.2, 0.25) is 0 Å². The van der Waals surface area contributed by atoms with E-state index >= 15 is 0 Å². The van der Waals surface area contributed by atoms with Gasteiger partial charge in [0.1, 0.15) is 11.6 Å². The van der Waals surface area contributed by atoms with Crippen LogP contribution in [0.5, 0.6) is 0 Å². The Hall–Kier alpha value is -3.87. The highest BCUT2D eigenvalue weighted by molar-refractivity contribution is 5.95. The van der Waals surface area contributed by atoms with Gasteiger partial charge in [0.25, 0.3) is 5.91 Å². The van der Waals surface area contributed by atoms with Gasteiger partial charge in [-0.05, 0) is 53.6 Å². The summed E-state index contributed by atoms with van der Waals surface area (Å²) in [5.74, 6) is -1.15. The maximum absolute atomic E-state index is 13.1. The quantitative estimate of drug-likeness (QED) is 0.499. The van der Waals surface area contributed by atoms with Crippen molar-refractivity contribution in [2.45, 2.75) is 0 Å². The number of carbonyl (C=O) groups excluding carboxylic acids is 1. The van der Waals surface area contributed by atoms with Gasteiger partial charge in [-0.1, -0.05) is 30.3 Å². The van der Waals surface area contributed by atoms with Gasteiger partial charge in [-0.2, -0.15) is 10.2 Å². The van der Waals surface area contributed by atoms with Crippen molar-refractivity contribution in [2.75, 3.05) is 5.43 Å². The van der Waals surface area contributed by atoms with Crippen molar-refractivity contribution < 1.29 is 13.6 Å². The van der Waals surface area contributed by atoms with Crippen LogP contribution in [0.2, 0.25) is 0 Å². The summed E-state index contributed by atoms with van der Waals surface area (Å²) in [6, 6.07) is 18.5. The van der Waals surface area contributed by atoms with E-state index < -0.39 is 5.91 Å². The summed E-state index contributed by atoms with van der Waals surface area (Å²) in [4.78, 5) is 12.2. The van der Waals surface area contributed by atoms with Crippen molar-refractivity contribution in [3.63, 3.8) is 0 Å². The number of carbonyl (C=O) groups is 1. The fourth-order valence-electron chi connectivity index (χ4n) is 2.32. The van der Waals surface area contributed by atoms with Crippen LogP contribution >= 0.6 is 0 Å². The number of nitrogens with zero attached hydrogens (tertiary/aromatic N) is 2. The molecule has 0 fully saturated rings. The summed E-state index contributed by atoms with van der Waals surface area (Å²) in [5, 5.41) is 7.85. The number of anilines is 1. The molecule has 0 spiro atoms. The lowest BCUT2D eigenvalue weighted by atomic mass is 10.2. The molecule has 0 aliphatic carbocycles. The van der Waals surface area contributed by atoms with Gasteiger partial charge >= 0.3 is 0 Å². The number of halogens is 2. The first-order valence-corrected chi connectivity index (χ1v) is 8.34. The SMILES string of the molecule is O=C(N/N=C/c1cccc(F)c1)c1cccc(N/N=C/c2cccc(F)c2)c1. The molecule has 28 heavy (non-hydrogen) atoms. The number of nitrogens with one attached hydrogen (secondary N) is 2. The van der Waals surface area contributed by atoms with Crippen LogP contribution in [0.1, 0.15) is 21.5 Å². The highest BCUT2D eigenvalue weighted by Crippen LogP contribution is 2.11. The molecule has 0 heterocycles. The summed E-state index contributed by atoms with van der Waals surface area (Å²) in [6.45, 7) is 0. The second-order valence-corrected chi connectivity index (χ2v) is 5.76. The van der Waals surface area contributed by atoms with Crippen LogP contribution in [-0.4, -0.2) is 18.3 Å². The predicted octanol–water partition coefficient (Wildman–Crippen LogP) is 4.17. The largest absolute Gasteiger partial charge is 0.278 e.